The number of carboxylic acid groups (broad SMARTS) is 1. The fourth-order valence-electron chi connectivity index (χ4n) is 6.14. The van der Waals surface area contributed by atoms with Crippen LogP contribution in [0.15, 0.2) is 65.6 Å². The van der Waals surface area contributed by atoms with E-state index >= 15 is 0 Å². The zero-order valence-electron chi connectivity index (χ0n) is 29.8. The van der Waals surface area contributed by atoms with Crippen LogP contribution in [-0.2, 0) is 25.5 Å². The Morgan fingerprint density at radius 2 is 1.66 bits per heavy atom. The molecule has 16 heteroatoms. The summed E-state index contributed by atoms with van der Waals surface area (Å²) in [4.78, 5) is 66.5. The number of alkyl halides is 3. The molecule has 0 aliphatic heterocycles. The zero-order chi connectivity index (χ0) is 39.1. The third-order valence-electron chi connectivity index (χ3n) is 8.79. The average molecular weight is 741 g/mol. The number of amides is 3. The Bertz CT molecular complexity index is 1980. The third-order valence-corrected chi connectivity index (χ3v) is 8.79. The molecule has 0 unspecified atom stereocenters. The number of rotatable bonds is 9. The van der Waals surface area contributed by atoms with Crippen molar-refractivity contribution >= 4 is 40.5 Å². The van der Waals surface area contributed by atoms with Crippen molar-refractivity contribution in [1.29, 1.82) is 0 Å². The van der Waals surface area contributed by atoms with Crippen LogP contribution in [0.3, 0.4) is 0 Å². The summed E-state index contributed by atoms with van der Waals surface area (Å²) in [5.74, 6) is -3.70. The van der Waals surface area contributed by atoms with E-state index in [1.165, 1.54) is 4.90 Å². The van der Waals surface area contributed by atoms with Crippen LogP contribution in [0.1, 0.15) is 57.7 Å². The minimum atomic E-state index is -5.08. The van der Waals surface area contributed by atoms with E-state index in [0.717, 1.165) is 35.2 Å². The van der Waals surface area contributed by atoms with Crippen molar-refractivity contribution in [2.24, 2.45) is 17.6 Å². The molecule has 53 heavy (non-hydrogen) atoms. The van der Waals surface area contributed by atoms with E-state index in [1.807, 2.05) is 64.1 Å². The number of nitrogens with two attached hydrogens (primary N) is 1. The predicted octanol–water partition coefficient (Wildman–Crippen LogP) is 5.62. The molecule has 4 aromatic rings. The molecule has 1 saturated carbocycles. The first-order valence-electron chi connectivity index (χ1n) is 16.9. The number of aryl methyl sites for hydroxylation is 1. The molecule has 0 radical (unpaired) electrons. The number of ether oxygens (including phenoxy) is 1. The van der Waals surface area contributed by atoms with Gasteiger partial charge in [-0.3, -0.25) is 34.5 Å². The molecule has 1 aliphatic carbocycles. The lowest BCUT2D eigenvalue weighted by molar-refractivity contribution is -0.192. The SMILES string of the molecule is Cc1ncccc1-c1ccc(C[C@@H](C(N)=O)N(C(=O)C2CCC(CNC(=O)OC(C)(C)C)CC2)c2ccc3c(=O)[nH][nH]c3c2)cc1.O=C(O)C(F)(F)F. The zero-order valence-corrected chi connectivity index (χ0v) is 29.8. The number of pyridine rings is 1. The van der Waals surface area contributed by atoms with Crippen LogP contribution in [0.2, 0.25) is 0 Å². The highest BCUT2D eigenvalue weighted by Gasteiger charge is 2.38. The van der Waals surface area contributed by atoms with Crippen molar-refractivity contribution in [2.75, 3.05) is 11.4 Å². The second kappa shape index (κ2) is 16.8. The van der Waals surface area contributed by atoms with E-state index in [2.05, 4.69) is 20.5 Å². The van der Waals surface area contributed by atoms with Gasteiger partial charge in [0.05, 0.1) is 10.9 Å². The summed E-state index contributed by atoms with van der Waals surface area (Å²) in [6, 6.07) is 15.8. The molecule has 1 aliphatic rings. The van der Waals surface area contributed by atoms with Crippen LogP contribution < -0.4 is 21.5 Å². The maximum absolute atomic E-state index is 14.3. The molecule has 2 aromatic heterocycles. The average Bonchev–Trinajstić information content (AvgIpc) is 3.46. The number of aromatic amines is 2. The van der Waals surface area contributed by atoms with Gasteiger partial charge in [0.25, 0.3) is 5.56 Å². The Balaban J connectivity index is 0.000000815. The van der Waals surface area contributed by atoms with Gasteiger partial charge in [-0.15, -0.1) is 0 Å². The minimum Gasteiger partial charge on any atom is -0.475 e. The first-order chi connectivity index (χ1) is 24.8. The number of carboxylic acids is 1. The maximum Gasteiger partial charge on any atom is 0.490 e. The summed E-state index contributed by atoms with van der Waals surface area (Å²) < 4.78 is 37.1. The summed E-state index contributed by atoms with van der Waals surface area (Å²) in [7, 11) is 0. The summed E-state index contributed by atoms with van der Waals surface area (Å²) in [5.41, 5.74) is 9.95. The van der Waals surface area contributed by atoms with Crippen molar-refractivity contribution in [3.63, 3.8) is 0 Å². The van der Waals surface area contributed by atoms with Gasteiger partial charge in [-0.1, -0.05) is 30.3 Å². The smallest absolute Gasteiger partial charge is 0.475 e. The van der Waals surface area contributed by atoms with Crippen LogP contribution >= 0.6 is 0 Å². The number of nitrogens with zero attached hydrogens (tertiary/aromatic N) is 2. The van der Waals surface area contributed by atoms with Gasteiger partial charge in [0, 0.05) is 42.0 Å². The molecule has 284 valence electrons. The lowest BCUT2D eigenvalue weighted by Gasteiger charge is -2.36. The summed E-state index contributed by atoms with van der Waals surface area (Å²) in [6.45, 7) is 7.87. The summed E-state index contributed by atoms with van der Waals surface area (Å²) in [5, 5.41) is 15.8. The van der Waals surface area contributed by atoms with Crippen molar-refractivity contribution < 1.29 is 42.2 Å². The van der Waals surface area contributed by atoms with E-state index in [4.69, 9.17) is 20.4 Å². The van der Waals surface area contributed by atoms with E-state index in [1.54, 1.807) is 24.4 Å². The van der Waals surface area contributed by atoms with Gasteiger partial charge in [-0.05, 0) is 94.7 Å². The van der Waals surface area contributed by atoms with Gasteiger partial charge in [0.2, 0.25) is 11.8 Å². The Morgan fingerprint density at radius 3 is 2.23 bits per heavy atom. The Hall–Kier alpha value is -5.67. The van der Waals surface area contributed by atoms with Crippen LogP contribution in [0, 0.1) is 18.8 Å². The van der Waals surface area contributed by atoms with Gasteiger partial charge in [-0.25, -0.2) is 9.59 Å². The monoisotopic (exact) mass is 740 g/mol. The van der Waals surface area contributed by atoms with Gasteiger partial charge in [0.1, 0.15) is 11.6 Å². The predicted molar refractivity (Wildman–Crippen MR) is 191 cm³/mol. The van der Waals surface area contributed by atoms with E-state index in [0.29, 0.717) is 36.0 Å². The molecule has 5 rings (SSSR count). The number of alkyl carbamates (subject to hydrolysis) is 1. The number of nitrogens with one attached hydrogen (secondary N) is 3. The number of hydrogen-bond donors (Lipinski definition) is 5. The number of carbonyl (C=O) groups excluding carboxylic acids is 3. The fourth-order valence-corrected chi connectivity index (χ4v) is 6.14. The Kier molecular flexibility index (Phi) is 12.7. The molecule has 0 saturated heterocycles. The third kappa shape index (κ3) is 10.9. The van der Waals surface area contributed by atoms with Crippen molar-refractivity contribution in [2.45, 2.75) is 77.6 Å². The van der Waals surface area contributed by atoms with Crippen LogP contribution in [0.25, 0.3) is 22.0 Å². The lowest BCUT2D eigenvalue weighted by Crippen LogP contribution is -2.52. The number of carbonyl (C=O) groups is 4. The number of halogens is 3. The van der Waals surface area contributed by atoms with E-state index in [-0.39, 0.29) is 29.7 Å². The molecular weight excluding hydrogens is 697 g/mol. The largest absolute Gasteiger partial charge is 0.490 e. The number of anilines is 1. The molecule has 0 bridgehead atoms. The highest BCUT2D eigenvalue weighted by atomic mass is 19.4. The summed E-state index contributed by atoms with van der Waals surface area (Å²) in [6.07, 6.45) is -0.897. The maximum atomic E-state index is 14.3. The molecule has 0 spiro atoms. The Morgan fingerprint density at radius 1 is 1.02 bits per heavy atom. The van der Waals surface area contributed by atoms with Crippen LogP contribution in [0.4, 0.5) is 23.7 Å². The molecule has 3 amide bonds. The van der Waals surface area contributed by atoms with E-state index < -0.39 is 35.8 Å². The molecular formula is C37H43F3N6O7. The van der Waals surface area contributed by atoms with Crippen LogP contribution in [-0.4, -0.2) is 68.5 Å². The summed E-state index contributed by atoms with van der Waals surface area (Å²) >= 11 is 0. The Labute approximate surface area is 303 Å². The highest BCUT2D eigenvalue weighted by molar-refractivity contribution is 6.03. The number of hydrogen-bond acceptors (Lipinski definition) is 7. The lowest BCUT2D eigenvalue weighted by atomic mass is 9.81. The first kappa shape index (κ1) is 40.1. The number of aliphatic carboxylic acids is 1. The van der Waals surface area contributed by atoms with E-state index in [9.17, 15) is 32.3 Å². The molecule has 6 N–H and O–H groups in total. The minimum absolute atomic E-state index is 0.192. The van der Waals surface area contributed by atoms with Gasteiger partial charge in [0.15, 0.2) is 0 Å². The second-order valence-electron chi connectivity index (χ2n) is 13.9. The molecule has 2 heterocycles. The quantitative estimate of drug-likeness (QED) is 0.146. The number of primary amides is 1. The van der Waals surface area contributed by atoms with Crippen molar-refractivity contribution in [3.8, 4) is 11.1 Å². The normalized spacial score (nSPS) is 16.5. The molecule has 2 aromatic carbocycles. The number of fused-ring (bicyclic) bond motifs is 1. The standard InChI is InChI=1S/C35H42N6O5.C2HF3O2/c1-21-27(6-5-17-37-21)24-11-7-22(8-12-24)18-30(31(36)42)41(26-15-16-28-29(19-26)39-40-32(28)43)33(44)25-13-9-23(10-14-25)20-38-34(45)46-35(2,3)4;3-2(4,5)1(6)7/h5-8,11-12,15-17,19,23,25,30H,9-10,13-14,18,20H2,1-4H3,(H2,36,42)(H,38,45)(H2,39,40,43);(H,6,7)/t23?,25?,30-;/m0./s1. The fraction of sp³-hybridized carbons (Fsp3) is 0.405. The second-order valence-corrected chi connectivity index (χ2v) is 13.9. The topological polar surface area (TPSA) is 201 Å². The highest BCUT2D eigenvalue weighted by Crippen LogP contribution is 2.33. The van der Waals surface area contributed by atoms with Crippen molar-refractivity contribution in [3.05, 3.63) is 82.4 Å². The number of H-pyrrole nitrogens is 2. The molecule has 1 fully saturated rings. The first-order valence-corrected chi connectivity index (χ1v) is 16.9. The van der Waals surface area contributed by atoms with Crippen molar-refractivity contribution in [1.82, 2.24) is 20.5 Å². The number of aromatic nitrogens is 3. The number of benzene rings is 2. The van der Waals surface area contributed by atoms with Gasteiger partial charge in [-0.2, -0.15) is 13.2 Å². The van der Waals surface area contributed by atoms with Crippen LogP contribution in [0.5, 0.6) is 0 Å². The molecule has 1 atom stereocenters. The van der Waals surface area contributed by atoms with Gasteiger partial charge < -0.3 is 20.9 Å². The van der Waals surface area contributed by atoms with Gasteiger partial charge >= 0.3 is 18.2 Å². The molecule has 13 nitrogen and oxygen atoms in total.